The Kier molecular flexibility index (Phi) is 25.5. The highest BCUT2D eigenvalue weighted by Gasteiger charge is 2.31. The maximum Gasteiger partial charge on any atom is 0.227 e. The van der Waals surface area contributed by atoms with Crippen LogP contribution >= 0.6 is 57.7 Å². The number of hydrogen-bond donors (Lipinski definition) is 0. The van der Waals surface area contributed by atoms with Crippen molar-refractivity contribution in [3.63, 3.8) is 0 Å². The van der Waals surface area contributed by atoms with Crippen molar-refractivity contribution in [3.05, 3.63) is 342 Å². The monoisotopic (exact) mass is 1580 g/mol. The molecule has 16 heteroatoms. The number of aromatic nitrogens is 10. The van der Waals surface area contributed by atoms with Crippen molar-refractivity contribution in [3.8, 4) is 84.7 Å². The van der Waals surface area contributed by atoms with Crippen LogP contribution in [-0.4, -0.2) is 0 Å². The molecule has 10 aromatic heterocycles. The Labute approximate surface area is 689 Å². The Bertz CT molecular complexity index is 6210. The molecule has 0 atom stereocenters. The Hall–Kier alpha value is -11.0. The summed E-state index contributed by atoms with van der Waals surface area (Å²) in [6.45, 7) is 42.5. The number of nitrogens with zero attached hydrogens (tertiary/aromatic N) is 11. The molecule has 11 nitrogen and oxygen atoms in total. The summed E-state index contributed by atoms with van der Waals surface area (Å²) in [4.78, 5) is 3.66. The van der Waals surface area contributed by atoms with Gasteiger partial charge in [0.1, 0.15) is 57.7 Å². The van der Waals surface area contributed by atoms with Gasteiger partial charge in [-0.05, 0) is 113 Å². The van der Waals surface area contributed by atoms with Gasteiger partial charge in [-0.2, -0.15) is 22.8 Å². The quantitative estimate of drug-likeness (QED) is 0.0968. The summed E-state index contributed by atoms with van der Waals surface area (Å²) in [5, 5.41) is 13.2. The summed E-state index contributed by atoms with van der Waals surface area (Å²) in [5.74, 6) is 0. The fourth-order valence-electron chi connectivity index (χ4n) is 15.2. The first-order chi connectivity index (χ1) is 54.1. The minimum absolute atomic E-state index is 0.106. The van der Waals surface area contributed by atoms with Gasteiger partial charge in [-0.25, -0.2) is 4.85 Å². The predicted molar refractivity (Wildman–Crippen MR) is 466 cm³/mol. The van der Waals surface area contributed by atoms with E-state index in [1.54, 1.807) is 57.7 Å². The average molecular weight is 1590 g/mol. The number of fused-ring (bicyclic) bond motifs is 1. The highest BCUT2D eigenvalue weighted by molar-refractivity contribution is 7.00. The molecular formula is C97H105N11S5+10. The van der Waals surface area contributed by atoms with Crippen LogP contribution in [0, 0.1) is 96.6 Å². The summed E-state index contributed by atoms with van der Waals surface area (Å²) >= 11 is 8.59. The van der Waals surface area contributed by atoms with Crippen LogP contribution in [0.3, 0.4) is 0 Å². The summed E-state index contributed by atoms with van der Waals surface area (Å²) in [6.07, 6.45) is 10.6. The lowest BCUT2D eigenvalue weighted by Crippen LogP contribution is -2.36. The van der Waals surface area contributed by atoms with Crippen LogP contribution in [0.15, 0.2) is 252 Å². The number of benzene rings is 6. The van der Waals surface area contributed by atoms with Crippen molar-refractivity contribution < 1.29 is 42.6 Å². The van der Waals surface area contributed by atoms with Crippen molar-refractivity contribution in [2.75, 3.05) is 0 Å². The standard InChI is InChI=1S/C21H20N2S.C21H26N2S.C19H22N2S.C18H17N3S.C18H20N2S/c1-15-8-6-7-12-23(15)20-14-17-9-4-5-10-18(17)21(16(20)2)19-11-13-24-22(19)3;1-15-9-7-8-11-23(15)20-14-17(21(3,4)5)13-18(16(20)2)19-10-12-24-22(19)6;1-13-12-14(2)19(21-10-7-6-8-15(21)3)16(4)18(13)17-9-11-22-20(17)5;1-13-7-5-6-9-21(13)18-12-15(19-3)11-16(14(18)2)17-8-10-22-20(17)4;1-13-11-16(17-8-10-21-19(17)4)15(3)18(12-13)20-9-6-5-7-14(20)2/h4-14H,1-3H3;7-14H,1-6H3;6-12H,1-5H3;5-12H,1-2,4H3;5-12H,1-4H3/q5*+2. The normalized spacial score (nSPS) is 11.0. The molecule has 0 aliphatic rings. The smallest absolute Gasteiger partial charge is 0.227 e. The summed E-state index contributed by atoms with van der Waals surface area (Å²) in [5.41, 5.74) is 37.4. The van der Waals surface area contributed by atoms with Gasteiger partial charge in [-0.15, -0.1) is 19.8 Å². The Balaban J connectivity index is 0.000000131. The van der Waals surface area contributed by atoms with E-state index in [1.165, 1.54) is 151 Å². The predicted octanol–water partition coefficient (Wildman–Crippen LogP) is 19.6. The zero-order valence-electron chi connectivity index (χ0n) is 69.2. The maximum atomic E-state index is 7.41. The Morgan fingerprint density at radius 1 is 0.310 bits per heavy atom. The molecule has 0 radical (unpaired) electrons. The van der Waals surface area contributed by atoms with Gasteiger partial charge in [0.2, 0.25) is 56.9 Å². The third kappa shape index (κ3) is 17.6. The van der Waals surface area contributed by atoms with E-state index in [-0.39, 0.29) is 5.41 Å². The highest BCUT2D eigenvalue weighted by Crippen LogP contribution is 2.37. The van der Waals surface area contributed by atoms with E-state index in [1.807, 2.05) is 37.5 Å². The lowest BCUT2D eigenvalue weighted by atomic mass is 9.84. The van der Waals surface area contributed by atoms with Gasteiger partial charge in [0.15, 0.2) is 100 Å². The maximum absolute atomic E-state index is 7.41. The second-order valence-corrected chi connectivity index (χ2v) is 35.3. The van der Waals surface area contributed by atoms with Crippen molar-refractivity contribution in [1.29, 1.82) is 0 Å². The lowest BCUT2D eigenvalue weighted by Gasteiger charge is -2.21. The first-order valence-electron chi connectivity index (χ1n) is 38.2. The molecular weight excluding hydrogens is 1480 g/mol. The number of rotatable bonds is 10. The fourth-order valence-corrected chi connectivity index (χ4v) is 18.4. The first kappa shape index (κ1) is 81.5. The molecule has 0 saturated carbocycles. The molecule has 0 spiro atoms. The van der Waals surface area contributed by atoms with Crippen LogP contribution in [0.25, 0.3) is 100 Å². The molecule has 0 fully saturated rings. The molecule has 0 N–H and O–H groups in total. The summed E-state index contributed by atoms with van der Waals surface area (Å²) in [6, 6.07) is 68.8. The van der Waals surface area contributed by atoms with Crippen LogP contribution in [-0.2, 0) is 40.7 Å². The lowest BCUT2D eigenvalue weighted by molar-refractivity contribution is -0.603. The van der Waals surface area contributed by atoms with Gasteiger partial charge in [0.25, 0.3) is 0 Å². The van der Waals surface area contributed by atoms with E-state index in [9.17, 15) is 0 Å². The number of pyridine rings is 5. The van der Waals surface area contributed by atoms with Gasteiger partial charge < -0.3 is 0 Å². The zero-order valence-corrected chi connectivity index (χ0v) is 73.3. The van der Waals surface area contributed by atoms with E-state index in [0.29, 0.717) is 5.69 Å². The van der Waals surface area contributed by atoms with Gasteiger partial charge >= 0.3 is 0 Å². The third-order valence-corrected chi connectivity index (χ3v) is 25.2. The van der Waals surface area contributed by atoms with E-state index in [0.717, 1.165) is 22.6 Å². The van der Waals surface area contributed by atoms with Crippen LogP contribution in [0.5, 0.6) is 0 Å². The molecule has 0 amide bonds. The molecule has 113 heavy (non-hydrogen) atoms. The largest absolute Gasteiger partial charge is 0.238 e. The Morgan fingerprint density at radius 2 is 0.664 bits per heavy atom. The average Bonchev–Trinajstić information content (AvgIpc) is 0.969. The molecule has 16 rings (SSSR count). The van der Waals surface area contributed by atoms with E-state index in [2.05, 4.69) is 408 Å². The second-order valence-electron chi connectivity index (χ2n) is 30.1. The van der Waals surface area contributed by atoms with Crippen LogP contribution in [0.4, 0.5) is 5.69 Å². The first-order valence-corrected chi connectivity index (χ1v) is 42.4. The molecule has 6 aromatic carbocycles. The molecule has 16 aromatic rings. The zero-order chi connectivity index (χ0) is 80.7. The Morgan fingerprint density at radius 3 is 1.06 bits per heavy atom. The SMILES string of the molecule is Cc1c(-[n+]2ccccc2C)cc2ccccc2c1-c1ccs[n+]1C.Cc1c(-c2ccs[n+]2C)cc(C(C)(C)C)cc1-[n+]1ccccc1C.Cc1cc(-c2ccs[n+]2C)c(C)c(-[n+]2ccccc2C)c1.Cc1cc(C)c(-[n+]2ccccc2C)c(C)c1-c1ccs[n+]1C.[C-]#[N+]c1cc(-c2ccs[n+]2C)c(C)c(-[n+]2ccccc2C)c1. The van der Waals surface area contributed by atoms with Gasteiger partial charge in [0.05, 0.1) is 55.7 Å². The highest BCUT2D eigenvalue weighted by atomic mass is 32.1. The fraction of sp³-hybridized carbons (Fsp3) is 0.227. The molecule has 0 aliphatic carbocycles. The van der Waals surface area contributed by atoms with E-state index < -0.39 is 0 Å². The van der Waals surface area contributed by atoms with Gasteiger partial charge in [0, 0.05) is 189 Å². The summed E-state index contributed by atoms with van der Waals surface area (Å²) in [7, 11) is 10.5. The number of aryl methyl sites for hydroxylation is 13. The van der Waals surface area contributed by atoms with Crippen LogP contribution in [0.1, 0.15) is 99.3 Å². The second kappa shape index (κ2) is 35.3. The molecule has 10 heterocycles. The van der Waals surface area contributed by atoms with Crippen LogP contribution in [0.2, 0.25) is 0 Å². The van der Waals surface area contributed by atoms with Crippen molar-refractivity contribution >= 4 is 74.1 Å². The van der Waals surface area contributed by atoms with Gasteiger partial charge in [-0.1, -0.05) is 75.4 Å². The molecule has 568 valence electrons. The minimum atomic E-state index is 0.106. The van der Waals surface area contributed by atoms with Crippen molar-refractivity contribution in [1.82, 2.24) is 0 Å². The van der Waals surface area contributed by atoms with E-state index >= 15 is 0 Å². The van der Waals surface area contributed by atoms with Crippen molar-refractivity contribution in [2.45, 2.75) is 116 Å². The van der Waals surface area contributed by atoms with E-state index in [4.69, 9.17) is 6.57 Å². The van der Waals surface area contributed by atoms with Gasteiger partial charge in [-0.3, -0.25) is 0 Å². The minimum Gasteiger partial charge on any atom is -0.238 e. The van der Waals surface area contributed by atoms with Crippen LogP contribution < -0.4 is 42.6 Å². The molecule has 0 saturated heterocycles. The molecule has 0 aliphatic heterocycles. The topological polar surface area (TPSA) is 43.2 Å². The third-order valence-electron chi connectivity index (χ3n) is 21.3. The van der Waals surface area contributed by atoms with Crippen molar-refractivity contribution in [2.24, 2.45) is 35.2 Å². The summed E-state index contributed by atoms with van der Waals surface area (Å²) < 4.78 is 22.3. The number of hydrogen-bond acceptors (Lipinski definition) is 5. The molecule has 0 unspecified atom stereocenters. The molecule has 0 bridgehead atoms.